The summed E-state index contributed by atoms with van der Waals surface area (Å²) in [6, 6.07) is 5.75. The maximum Gasteiger partial charge on any atom is 0.233 e. The molecule has 0 atom stereocenters. The molecule has 1 aromatic carbocycles. The average Bonchev–Trinajstić information content (AvgIpc) is 3.22. The number of nitrogens with one attached hydrogen (secondary N) is 1. The molecule has 11 heteroatoms. The summed E-state index contributed by atoms with van der Waals surface area (Å²) in [7, 11) is 0. The number of piperazine rings is 1. The van der Waals surface area contributed by atoms with Crippen LogP contribution >= 0.6 is 34.7 Å². The lowest BCUT2D eigenvalue weighted by atomic mass is 10.2. The second-order valence-electron chi connectivity index (χ2n) is 6.68. The number of aryl methyl sites for hydroxylation is 1. The number of carbonyl (C=O) groups is 1. The van der Waals surface area contributed by atoms with E-state index in [4.69, 9.17) is 11.6 Å². The van der Waals surface area contributed by atoms with E-state index in [1.165, 1.54) is 23.1 Å². The van der Waals surface area contributed by atoms with Crippen LogP contribution in [0.2, 0.25) is 5.02 Å². The van der Waals surface area contributed by atoms with Gasteiger partial charge >= 0.3 is 0 Å². The Labute approximate surface area is 187 Å². The quantitative estimate of drug-likeness (QED) is 0.558. The fourth-order valence-corrected chi connectivity index (χ4v) is 4.82. The summed E-state index contributed by atoms with van der Waals surface area (Å²) in [5.41, 5.74) is 1.88. The summed E-state index contributed by atoms with van der Waals surface area (Å²) >= 11 is 8.98. The number of carbonyl (C=O) groups excluding carboxylic acids is 1. The highest BCUT2D eigenvalue weighted by atomic mass is 35.5. The van der Waals surface area contributed by atoms with Crippen molar-refractivity contribution in [2.75, 3.05) is 42.1 Å². The third-order valence-electron chi connectivity index (χ3n) is 4.65. The normalized spacial score (nSPS) is 14.1. The predicted octanol–water partition coefficient (Wildman–Crippen LogP) is 3.47. The Bertz CT molecular complexity index is 1010. The molecular formula is C19H20ClN7OS2. The molecule has 0 radical (unpaired) electrons. The van der Waals surface area contributed by atoms with Crippen LogP contribution in [-0.2, 0) is 4.79 Å². The van der Waals surface area contributed by atoms with Crippen LogP contribution < -0.4 is 10.2 Å². The summed E-state index contributed by atoms with van der Waals surface area (Å²) < 4.78 is 0.752. The minimum absolute atomic E-state index is 0.105. The zero-order valence-corrected chi connectivity index (χ0v) is 18.7. The number of rotatable bonds is 6. The lowest BCUT2D eigenvalue weighted by molar-refractivity contribution is -0.128. The van der Waals surface area contributed by atoms with Crippen molar-refractivity contribution in [3.8, 4) is 0 Å². The first-order valence-electron chi connectivity index (χ1n) is 9.37. The minimum Gasteiger partial charge on any atom is -0.352 e. The SMILES string of the molecule is Cc1ccc(Nc2nnc(SCC(=O)N3CCN(c4cnccn4)CC3)s2)cc1Cl. The fourth-order valence-electron chi connectivity index (χ4n) is 2.97. The molecule has 4 rings (SSSR count). The van der Waals surface area contributed by atoms with Gasteiger partial charge in [-0.3, -0.25) is 9.78 Å². The van der Waals surface area contributed by atoms with Gasteiger partial charge in [-0.15, -0.1) is 10.2 Å². The molecule has 1 aliphatic rings. The maximum atomic E-state index is 12.6. The molecule has 3 aromatic rings. The Kier molecular flexibility index (Phi) is 6.66. The number of aromatic nitrogens is 4. The summed E-state index contributed by atoms with van der Waals surface area (Å²) in [4.78, 5) is 25.0. The van der Waals surface area contributed by atoms with Crippen molar-refractivity contribution in [3.63, 3.8) is 0 Å². The van der Waals surface area contributed by atoms with Gasteiger partial charge in [-0.1, -0.05) is 40.8 Å². The van der Waals surface area contributed by atoms with Crippen LogP contribution in [0.1, 0.15) is 5.56 Å². The maximum absolute atomic E-state index is 12.6. The van der Waals surface area contributed by atoms with E-state index in [2.05, 4.69) is 30.4 Å². The van der Waals surface area contributed by atoms with Crippen molar-refractivity contribution < 1.29 is 4.79 Å². The van der Waals surface area contributed by atoms with E-state index in [0.717, 1.165) is 34.5 Å². The van der Waals surface area contributed by atoms with Crippen LogP contribution in [0.4, 0.5) is 16.6 Å². The van der Waals surface area contributed by atoms with Crippen molar-refractivity contribution in [1.29, 1.82) is 0 Å². The molecule has 1 saturated heterocycles. The topological polar surface area (TPSA) is 87.1 Å². The Morgan fingerprint density at radius 1 is 1.23 bits per heavy atom. The molecule has 8 nitrogen and oxygen atoms in total. The molecule has 1 aliphatic heterocycles. The van der Waals surface area contributed by atoms with Crippen LogP contribution in [0.15, 0.2) is 41.1 Å². The van der Waals surface area contributed by atoms with E-state index in [-0.39, 0.29) is 5.91 Å². The van der Waals surface area contributed by atoms with Crippen molar-refractivity contribution in [1.82, 2.24) is 25.1 Å². The molecule has 0 unspecified atom stereocenters. The molecule has 1 N–H and O–H groups in total. The summed E-state index contributed by atoms with van der Waals surface area (Å²) in [6.07, 6.45) is 5.09. The van der Waals surface area contributed by atoms with Gasteiger partial charge < -0.3 is 15.1 Å². The van der Waals surface area contributed by atoms with Gasteiger partial charge in [-0.2, -0.15) is 0 Å². The highest BCUT2D eigenvalue weighted by molar-refractivity contribution is 8.01. The molecule has 0 aliphatic carbocycles. The van der Waals surface area contributed by atoms with Crippen LogP contribution in [0.25, 0.3) is 0 Å². The lowest BCUT2D eigenvalue weighted by Gasteiger charge is -2.35. The zero-order valence-electron chi connectivity index (χ0n) is 16.3. The Balaban J connectivity index is 1.25. The second kappa shape index (κ2) is 9.59. The Morgan fingerprint density at radius 3 is 2.80 bits per heavy atom. The predicted molar refractivity (Wildman–Crippen MR) is 121 cm³/mol. The van der Waals surface area contributed by atoms with Crippen molar-refractivity contribution in [2.45, 2.75) is 11.3 Å². The van der Waals surface area contributed by atoms with E-state index in [1.54, 1.807) is 18.6 Å². The van der Waals surface area contributed by atoms with Crippen LogP contribution in [0.3, 0.4) is 0 Å². The standard InChI is InChI=1S/C19H20ClN7OS2/c1-13-2-3-14(10-15(13)20)23-18-24-25-19(30-18)29-12-17(28)27-8-6-26(7-9-27)16-11-21-4-5-22-16/h2-5,10-11H,6-9,12H2,1H3,(H,23,24). The van der Waals surface area contributed by atoms with Crippen LogP contribution in [0.5, 0.6) is 0 Å². The van der Waals surface area contributed by atoms with Gasteiger partial charge in [0.25, 0.3) is 0 Å². The van der Waals surface area contributed by atoms with Gasteiger partial charge in [-0.05, 0) is 24.6 Å². The van der Waals surface area contributed by atoms with Crippen molar-refractivity contribution >= 4 is 57.2 Å². The van der Waals surface area contributed by atoms with E-state index in [9.17, 15) is 4.79 Å². The van der Waals surface area contributed by atoms with Crippen LogP contribution in [0, 0.1) is 6.92 Å². The fraction of sp³-hybridized carbons (Fsp3) is 0.316. The Hall–Kier alpha value is -2.43. The van der Waals surface area contributed by atoms with E-state index < -0.39 is 0 Å². The van der Waals surface area contributed by atoms with E-state index in [1.807, 2.05) is 30.0 Å². The highest BCUT2D eigenvalue weighted by Crippen LogP contribution is 2.29. The minimum atomic E-state index is 0.105. The first kappa shape index (κ1) is 20.8. The van der Waals surface area contributed by atoms with Gasteiger partial charge in [0, 0.05) is 49.3 Å². The van der Waals surface area contributed by atoms with Crippen LogP contribution in [-0.4, -0.2) is 62.9 Å². The number of anilines is 3. The summed E-state index contributed by atoms with van der Waals surface area (Å²) in [6.45, 7) is 4.81. The smallest absolute Gasteiger partial charge is 0.233 e. The van der Waals surface area contributed by atoms with Gasteiger partial charge in [0.1, 0.15) is 5.82 Å². The molecule has 1 amide bonds. The number of thioether (sulfide) groups is 1. The molecule has 156 valence electrons. The van der Waals surface area contributed by atoms with E-state index >= 15 is 0 Å². The number of halogens is 1. The number of benzene rings is 1. The number of hydrogen-bond acceptors (Lipinski definition) is 9. The molecule has 2 aromatic heterocycles. The molecule has 3 heterocycles. The van der Waals surface area contributed by atoms with E-state index in [0.29, 0.717) is 29.0 Å². The second-order valence-corrected chi connectivity index (χ2v) is 9.29. The van der Waals surface area contributed by atoms with Crippen molar-refractivity contribution in [3.05, 3.63) is 47.4 Å². The Morgan fingerprint density at radius 2 is 2.07 bits per heavy atom. The summed E-state index contributed by atoms with van der Waals surface area (Å²) in [5.74, 6) is 1.30. The van der Waals surface area contributed by atoms with Crippen molar-refractivity contribution in [2.24, 2.45) is 0 Å². The first-order valence-corrected chi connectivity index (χ1v) is 11.5. The average molecular weight is 462 g/mol. The zero-order chi connectivity index (χ0) is 20.9. The molecule has 0 saturated carbocycles. The highest BCUT2D eigenvalue weighted by Gasteiger charge is 2.22. The number of nitrogens with zero attached hydrogens (tertiary/aromatic N) is 6. The molecule has 1 fully saturated rings. The first-order chi connectivity index (χ1) is 14.6. The van der Waals surface area contributed by atoms with Gasteiger partial charge in [0.15, 0.2) is 4.34 Å². The van der Waals surface area contributed by atoms with Gasteiger partial charge in [0.2, 0.25) is 11.0 Å². The summed E-state index contributed by atoms with van der Waals surface area (Å²) in [5, 5.41) is 12.9. The third-order valence-corrected chi connectivity index (χ3v) is 7.02. The number of hydrogen-bond donors (Lipinski definition) is 1. The molecule has 0 bridgehead atoms. The molecular weight excluding hydrogens is 442 g/mol. The van der Waals surface area contributed by atoms with Gasteiger partial charge in [0.05, 0.1) is 11.9 Å². The molecule has 0 spiro atoms. The molecule has 30 heavy (non-hydrogen) atoms. The lowest BCUT2D eigenvalue weighted by Crippen LogP contribution is -2.49. The third kappa shape index (κ3) is 5.18. The monoisotopic (exact) mass is 461 g/mol. The largest absolute Gasteiger partial charge is 0.352 e. The number of amides is 1. The van der Waals surface area contributed by atoms with Gasteiger partial charge in [-0.25, -0.2) is 4.98 Å².